The average molecular weight is 287 g/mol. The molecule has 8 heteroatoms. The van der Waals surface area contributed by atoms with E-state index in [1.54, 1.807) is 0 Å². The van der Waals surface area contributed by atoms with Crippen LogP contribution in [0, 0.1) is 23.3 Å². The summed E-state index contributed by atoms with van der Waals surface area (Å²) in [5.74, 6) is -7.29. The largest absolute Gasteiger partial charge is 0.409 e. The van der Waals surface area contributed by atoms with Crippen LogP contribution in [0.3, 0.4) is 0 Å². The molecule has 19 heavy (non-hydrogen) atoms. The number of rotatable bonds is 2. The van der Waals surface area contributed by atoms with Gasteiger partial charge in [-0.05, 0) is 6.08 Å². The SMILES string of the molecule is CN(C)c1c(F)c(F)c(/C=C/C(F)(F)F)c(F)c1F. The maximum atomic E-state index is 13.4. The first-order valence-electron chi connectivity index (χ1n) is 4.85. The molecule has 0 aliphatic rings. The minimum absolute atomic E-state index is 0.0593. The molecule has 0 N–H and O–H groups in total. The molecule has 1 rings (SSSR count). The highest BCUT2D eigenvalue weighted by Gasteiger charge is 2.27. The molecular weight excluding hydrogens is 279 g/mol. The number of benzene rings is 1. The van der Waals surface area contributed by atoms with Gasteiger partial charge < -0.3 is 4.90 Å². The van der Waals surface area contributed by atoms with Crippen LogP contribution in [0.4, 0.5) is 36.4 Å². The second kappa shape index (κ2) is 5.10. The molecular formula is C11H8F7N. The van der Waals surface area contributed by atoms with Crippen LogP contribution in [0.2, 0.25) is 0 Å². The van der Waals surface area contributed by atoms with Crippen molar-refractivity contribution in [3.63, 3.8) is 0 Å². The maximum Gasteiger partial charge on any atom is 0.409 e. The van der Waals surface area contributed by atoms with Gasteiger partial charge in [0.1, 0.15) is 5.69 Å². The fourth-order valence-corrected chi connectivity index (χ4v) is 1.35. The first-order chi connectivity index (χ1) is 8.56. The Hall–Kier alpha value is -1.73. The lowest BCUT2D eigenvalue weighted by molar-refractivity contribution is -0.0790. The summed E-state index contributed by atoms with van der Waals surface area (Å²) in [6, 6.07) is 0. The highest BCUT2D eigenvalue weighted by molar-refractivity contribution is 5.59. The molecule has 0 radical (unpaired) electrons. The molecule has 0 amide bonds. The van der Waals surface area contributed by atoms with Crippen LogP contribution >= 0.6 is 0 Å². The predicted octanol–water partition coefficient (Wildman–Crippen LogP) is 3.88. The van der Waals surface area contributed by atoms with Gasteiger partial charge in [0.05, 0.1) is 5.56 Å². The molecule has 1 aromatic rings. The quantitative estimate of drug-likeness (QED) is 0.589. The lowest BCUT2D eigenvalue weighted by Crippen LogP contribution is -2.16. The van der Waals surface area contributed by atoms with Gasteiger partial charge in [0.25, 0.3) is 0 Å². The van der Waals surface area contributed by atoms with Crippen molar-refractivity contribution in [3.05, 3.63) is 34.9 Å². The number of halogens is 7. The number of allylic oxidation sites excluding steroid dienone is 1. The average Bonchev–Trinajstić information content (AvgIpc) is 2.24. The number of nitrogens with zero attached hydrogens (tertiary/aromatic N) is 1. The highest BCUT2D eigenvalue weighted by Crippen LogP contribution is 2.31. The van der Waals surface area contributed by atoms with Gasteiger partial charge in [-0.15, -0.1) is 0 Å². The Morgan fingerprint density at radius 3 is 1.58 bits per heavy atom. The Morgan fingerprint density at radius 2 is 1.26 bits per heavy atom. The molecule has 0 spiro atoms. The topological polar surface area (TPSA) is 3.24 Å². The minimum atomic E-state index is -4.86. The zero-order valence-corrected chi connectivity index (χ0v) is 9.75. The molecule has 1 aromatic carbocycles. The van der Waals surface area contributed by atoms with E-state index in [9.17, 15) is 30.7 Å². The van der Waals surface area contributed by atoms with Crippen molar-refractivity contribution in [1.29, 1.82) is 0 Å². The van der Waals surface area contributed by atoms with E-state index in [-0.39, 0.29) is 6.08 Å². The molecule has 0 saturated heterocycles. The number of hydrogen-bond acceptors (Lipinski definition) is 1. The van der Waals surface area contributed by atoms with E-state index < -0.39 is 46.8 Å². The first-order valence-corrected chi connectivity index (χ1v) is 4.85. The van der Waals surface area contributed by atoms with Gasteiger partial charge in [0, 0.05) is 20.2 Å². The molecule has 0 saturated carbocycles. The lowest BCUT2D eigenvalue weighted by Gasteiger charge is -2.16. The van der Waals surface area contributed by atoms with Gasteiger partial charge in [0.2, 0.25) is 0 Å². The van der Waals surface area contributed by atoms with Gasteiger partial charge in [0.15, 0.2) is 23.3 Å². The summed E-state index contributed by atoms with van der Waals surface area (Å²) in [5, 5.41) is 0. The molecule has 0 aliphatic heterocycles. The third-order valence-corrected chi connectivity index (χ3v) is 2.16. The smallest absolute Gasteiger partial charge is 0.373 e. The molecule has 0 heterocycles. The molecule has 0 aliphatic carbocycles. The Labute approximate surface area is 103 Å². The van der Waals surface area contributed by atoms with Crippen molar-refractivity contribution >= 4 is 11.8 Å². The lowest BCUT2D eigenvalue weighted by atomic mass is 10.1. The van der Waals surface area contributed by atoms with Gasteiger partial charge in [-0.1, -0.05) is 0 Å². The number of alkyl halides is 3. The van der Waals surface area contributed by atoms with Crippen LogP contribution in [-0.4, -0.2) is 20.3 Å². The van der Waals surface area contributed by atoms with Gasteiger partial charge in [-0.3, -0.25) is 0 Å². The van der Waals surface area contributed by atoms with Crippen molar-refractivity contribution in [3.8, 4) is 0 Å². The van der Waals surface area contributed by atoms with E-state index in [4.69, 9.17) is 0 Å². The van der Waals surface area contributed by atoms with Crippen molar-refractivity contribution in [2.75, 3.05) is 19.0 Å². The third-order valence-electron chi connectivity index (χ3n) is 2.16. The number of hydrogen-bond donors (Lipinski definition) is 0. The Balaban J connectivity index is 3.49. The summed E-state index contributed by atoms with van der Waals surface area (Å²) in [6.07, 6.45) is -5.43. The Morgan fingerprint density at radius 1 is 0.842 bits per heavy atom. The summed E-state index contributed by atoms with van der Waals surface area (Å²) in [6.45, 7) is 0. The molecule has 0 fully saturated rings. The Bertz CT molecular complexity index is 488. The van der Waals surface area contributed by atoms with E-state index in [1.807, 2.05) is 0 Å². The standard InChI is InChI=1S/C11H8F7N/c1-19(2)10-8(14)6(12)5(7(13)9(10)15)3-4-11(16,17)18/h3-4H,1-2H3/b4-3+. The third kappa shape index (κ3) is 3.18. The first kappa shape index (κ1) is 15.3. The van der Waals surface area contributed by atoms with Crippen molar-refractivity contribution in [1.82, 2.24) is 0 Å². The van der Waals surface area contributed by atoms with E-state index >= 15 is 0 Å². The fourth-order valence-electron chi connectivity index (χ4n) is 1.35. The Kier molecular flexibility index (Phi) is 4.12. The normalized spacial score (nSPS) is 12.3. The minimum Gasteiger partial charge on any atom is -0.373 e. The van der Waals surface area contributed by atoms with Crippen LogP contribution in [-0.2, 0) is 0 Å². The predicted molar refractivity (Wildman–Crippen MR) is 55.7 cm³/mol. The molecule has 106 valence electrons. The van der Waals surface area contributed by atoms with Crippen LogP contribution in [0.15, 0.2) is 6.08 Å². The van der Waals surface area contributed by atoms with E-state index in [0.717, 1.165) is 19.0 Å². The van der Waals surface area contributed by atoms with E-state index in [1.165, 1.54) is 0 Å². The maximum absolute atomic E-state index is 13.4. The zero-order chi connectivity index (χ0) is 15.0. The van der Waals surface area contributed by atoms with Gasteiger partial charge in [-0.2, -0.15) is 13.2 Å². The van der Waals surface area contributed by atoms with Crippen molar-refractivity contribution in [2.24, 2.45) is 0 Å². The van der Waals surface area contributed by atoms with Gasteiger partial charge >= 0.3 is 6.18 Å². The summed E-state index contributed by atoms with van der Waals surface area (Å²) < 4.78 is 89.4. The molecule has 0 aromatic heterocycles. The van der Waals surface area contributed by atoms with Crippen LogP contribution < -0.4 is 4.90 Å². The summed E-state index contributed by atoms with van der Waals surface area (Å²) in [7, 11) is 2.26. The van der Waals surface area contributed by atoms with Crippen LogP contribution in [0.5, 0.6) is 0 Å². The van der Waals surface area contributed by atoms with E-state index in [2.05, 4.69) is 0 Å². The molecule has 1 nitrogen and oxygen atoms in total. The summed E-state index contributed by atoms with van der Waals surface area (Å²) in [5.41, 5.74) is -2.42. The van der Waals surface area contributed by atoms with Gasteiger partial charge in [-0.25, -0.2) is 17.6 Å². The monoisotopic (exact) mass is 287 g/mol. The molecule has 0 atom stereocenters. The number of anilines is 1. The summed E-state index contributed by atoms with van der Waals surface area (Å²) in [4.78, 5) is 0.772. The second-order valence-corrected chi connectivity index (χ2v) is 3.79. The summed E-state index contributed by atoms with van der Waals surface area (Å²) >= 11 is 0. The van der Waals surface area contributed by atoms with Crippen molar-refractivity contribution < 1.29 is 30.7 Å². The van der Waals surface area contributed by atoms with Crippen LogP contribution in [0.25, 0.3) is 6.08 Å². The molecule has 0 unspecified atom stereocenters. The van der Waals surface area contributed by atoms with E-state index in [0.29, 0.717) is 0 Å². The second-order valence-electron chi connectivity index (χ2n) is 3.79. The van der Waals surface area contributed by atoms with Crippen LogP contribution in [0.1, 0.15) is 5.56 Å². The van der Waals surface area contributed by atoms with Crippen molar-refractivity contribution in [2.45, 2.75) is 6.18 Å². The zero-order valence-electron chi connectivity index (χ0n) is 9.75. The highest BCUT2D eigenvalue weighted by atomic mass is 19.4. The molecule has 0 bridgehead atoms. The fraction of sp³-hybridized carbons (Fsp3) is 0.273.